The van der Waals surface area contributed by atoms with Crippen molar-refractivity contribution in [3.05, 3.63) is 42.6 Å². The van der Waals surface area contributed by atoms with E-state index < -0.39 is 6.09 Å². The lowest BCUT2D eigenvalue weighted by Gasteiger charge is -2.32. The summed E-state index contributed by atoms with van der Waals surface area (Å²) < 4.78 is 3.93. The van der Waals surface area contributed by atoms with Gasteiger partial charge >= 0.3 is 6.09 Å². The van der Waals surface area contributed by atoms with Crippen molar-refractivity contribution in [2.45, 2.75) is 26.1 Å². The van der Waals surface area contributed by atoms with Crippen LogP contribution in [0.5, 0.6) is 0 Å². The molecule has 1 atom stereocenters. The van der Waals surface area contributed by atoms with Gasteiger partial charge in [0.2, 0.25) is 0 Å². The summed E-state index contributed by atoms with van der Waals surface area (Å²) in [6.07, 6.45) is 6.43. The first-order chi connectivity index (χ1) is 10.6. The van der Waals surface area contributed by atoms with Gasteiger partial charge in [-0.15, -0.1) is 0 Å². The number of carbonyl (C=O) groups is 1. The quantitative estimate of drug-likeness (QED) is 0.746. The Kier molecular flexibility index (Phi) is 2.69. The molecule has 22 heavy (non-hydrogen) atoms. The zero-order valence-corrected chi connectivity index (χ0v) is 12.0. The molecule has 4 heterocycles. The van der Waals surface area contributed by atoms with Gasteiger partial charge in [0.25, 0.3) is 0 Å². The molecule has 0 bridgehead atoms. The Bertz CT molecular complexity index is 866. The molecule has 7 heteroatoms. The third kappa shape index (κ3) is 1.78. The molecule has 7 nitrogen and oxygen atoms in total. The van der Waals surface area contributed by atoms with Gasteiger partial charge < -0.3 is 9.67 Å². The minimum absolute atomic E-state index is 0.0802. The Morgan fingerprint density at radius 1 is 1.36 bits per heavy atom. The minimum atomic E-state index is -0.896. The van der Waals surface area contributed by atoms with E-state index in [1.807, 2.05) is 40.7 Å². The van der Waals surface area contributed by atoms with Gasteiger partial charge in [-0.05, 0) is 19.1 Å². The molecule has 0 aromatic carbocycles. The zero-order valence-electron chi connectivity index (χ0n) is 12.0. The first kappa shape index (κ1) is 12.9. The second-order valence-corrected chi connectivity index (χ2v) is 5.54. The number of aromatic nitrogens is 4. The summed E-state index contributed by atoms with van der Waals surface area (Å²) in [4.78, 5) is 17.0. The highest BCUT2D eigenvalue weighted by Crippen LogP contribution is 2.26. The van der Waals surface area contributed by atoms with Gasteiger partial charge in [-0.1, -0.05) is 0 Å². The Morgan fingerprint density at radius 2 is 2.23 bits per heavy atom. The normalized spacial score (nSPS) is 17.7. The number of rotatable bonds is 1. The number of hydrogen-bond acceptors (Lipinski definition) is 3. The zero-order chi connectivity index (χ0) is 15.3. The van der Waals surface area contributed by atoms with Crippen molar-refractivity contribution < 1.29 is 9.90 Å². The Morgan fingerprint density at radius 3 is 3.05 bits per heavy atom. The van der Waals surface area contributed by atoms with Gasteiger partial charge in [0.05, 0.1) is 42.2 Å². The van der Waals surface area contributed by atoms with Gasteiger partial charge in [0.15, 0.2) is 0 Å². The molecule has 0 radical (unpaired) electrons. The van der Waals surface area contributed by atoms with E-state index in [2.05, 4.69) is 10.1 Å². The molecule has 0 saturated heterocycles. The molecule has 1 amide bonds. The lowest BCUT2D eigenvalue weighted by atomic mass is 10.2. The van der Waals surface area contributed by atoms with Crippen LogP contribution in [0, 0.1) is 0 Å². The second-order valence-electron chi connectivity index (χ2n) is 5.54. The molecular formula is C15H15N5O2. The molecule has 0 fully saturated rings. The maximum atomic E-state index is 11.4. The summed E-state index contributed by atoms with van der Waals surface area (Å²) in [7, 11) is 0. The third-order valence-corrected chi connectivity index (χ3v) is 4.21. The fourth-order valence-corrected chi connectivity index (χ4v) is 3.04. The monoisotopic (exact) mass is 297 g/mol. The van der Waals surface area contributed by atoms with Crippen molar-refractivity contribution in [2.75, 3.05) is 0 Å². The summed E-state index contributed by atoms with van der Waals surface area (Å²) in [5.74, 6) is 0. The van der Waals surface area contributed by atoms with E-state index >= 15 is 0 Å². The van der Waals surface area contributed by atoms with Crippen molar-refractivity contribution in [1.82, 2.24) is 24.2 Å². The molecule has 3 aromatic heterocycles. The molecule has 0 saturated carbocycles. The Labute approximate surface area is 126 Å². The van der Waals surface area contributed by atoms with Gasteiger partial charge in [-0.25, -0.2) is 4.79 Å². The lowest BCUT2D eigenvalue weighted by Crippen LogP contribution is -2.44. The van der Waals surface area contributed by atoms with Crippen LogP contribution in [0.2, 0.25) is 0 Å². The van der Waals surface area contributed by atoms with Crippen LogP contribution in [0.4, 0.5) is 4.79 Å². The molecule has 1 aliphatic rings. The minimum Gasteiger partial charge on any atom is -0.465 e. The number of hydrogen-bond donors (Lipinski definition) is 1. The summed E-state index contributed by atoms with van der Waals surface area (Å²) in [5.41, 5.74) is 2.86. The van der Waals surface area contributed by atoms with Crippen molar-refractivity contribution in [1.29, 1.82) is 0 Å². The summed E-state index contributed by atoms with van der Waals surface area (Å²) >= 11 is 0. The smallest absolute Gasteiger partial charge is 0.407 e. The molecule has 4 rings (SSSR count). The average Bonchev–Trinajstić information content (AvgIpc) is 3.09. The van der Waals surface area contributed by atoms with Crippen molar-refractivity contribution in [2.24, 2.45) is 0 Å². The van der Waals surface area contributed by atoms with Gasteiger partial charge in [0.1, 0.15) is 0 Å². The topological polar surface area (TPSA) is 76.2 Å². The predicted octanol–water partition coefficient (Wildman–Crippen LogP) is 2.10. The average molecular weight is 297 g/mol. The van der Waals surface area contributed by atoms with Crippen LogP contribution >= 0.6 is 0 Å². The van der Waals surface area contributed by atoms with E-state index in [0.29, 0.717) is 13.1 Å². The van der Waals surface area contributed by atoms with E-state index in [9.17, 15) is 9.90 Å². The largest absolute Gasteiger partial charge is 0.465 e. The molecule has 3 aromatic rings. The molecular weight excluding hydrogens is 282 g/mol. The number of carboxylic acid groups (broad SMARTS) is 1. The predicted molar refractivity (Wildman–Crippen MR) is 79.9 cm³/mol. The maximum absolute atomic E-state index is 11.4. The van der Waals surface area contributed by atoms with Gasteiger partial charge in [0, 0.05) is 24.0 Å². The van der Waals surface area contributed by atoms with Crippen LogP contribution in [0.1, 0.15) is 12.6 Å². The Hall–Kier alpha value is -2.83. The van der Waals surface area contributed by atoms with Crippen LogP contribution in [-0.4, -0.2) is 41.5 Å². The number of pyridine rings is 1. The van der Waals surface area contributed by atoms with Crippen LogP contribution in [0.3, 0.4) is 0 Å². The van der Waals surface area contributed by atoms with E-state index in [4.69, 9.17) is 0 Å². The van der Waals surface area contributed by atoms with Gasteiger partial charge in [-0.3, -0.25) is 14.6 Å². The molecule has 1 aliphatic heterocycles. The summed E-state index contributed by atoms with van der Waals surface area (Å²) in [6, 6.07) is 3.86. The highest BCUT2D eigenvalue weighted by Gasteiger charge is 2.29. The summed E-state index contributed by atoms with van der Waals surface area (Å²) in [5, 5.41) is 14.8. The second kappa shape index (κ2) is 4.59. The van der Waals surface area contributed by atoms with Crippen molar-refractivity contribution >= 4 is 17.0 Å². The number of fused-ring (bicyclic) bond motifs is 2. The highest BCUT2D eigenvalue weighted by atomic mass is 16.4. The molecule has 1 N–H and O–H groups in total. The summed E-state index contributed by atoms with van der Waals surface area (Å²) in [6.45, 7) is 2.81. The Balaban J connectivity index is 1.84. The van der Waals surface area contributed by atoms with Crippen LogP contribution in [0.25, 0.3) is 16.6 Å². The molecule has 0 spiro atoms. The van der Waals surface area contributed by atoms with Crippen LogP contribution in [-0.2, 0) is 13.1 Å². The van der Waals surface area contributed by atoms with Gasteiger partial charge in [-0.2, -0.15) is 5.10 Å². The standard InChI is InChI=1S/C15H15N5O2/c1-10-8-20-14(9-19(10)15(21)22)13(7-17-20)18-5-3-11-6-16-4-2-12(11)18/h2-7,10H,8-9H2,1H3,(H,21,22)/t10-/m0/s1. The van der Waals surface area contributed by atoms with E-state index in [0.717, 1.165) is 22.3 Å². The van der Waals surface area contributed by atoms with Crippen molar-refractivity contribution in [3.63, 3.8) is 0 Å². The van der Waals surface area contributed by atoms with Crippen molar-refractivity contribution in [3.8, 4) is 5.69 Å². The van der Waals surface area contributed by atoms with E-state index in [1.165, 1.54) is 4.90 Å². The molecule has 0 unspecified atom stereocenters. The fourth-order valence-electron chi connectivity index (χ4n) is 3.04. The SMILES string of the molecule is C[C@H]1Cn2ncc(-n3ccc4cnccc43)c2CN1C(=O)O. The van der Waals surface area contributed by atoms with E-state index in [-0.39, 0.29) is 6.04 Å². The number of nitrogens with zero attached hydrogens (tertiary/aromatic N) is 5. The first-order valence-corrected chi connectivity index (χ1v) is 7.11. The molecule has 0 aliphatic carbocycles. The van der Waals surface area contributed by atoms with Crippen LogP contribution in [0.15, 0.2) is 36.9 Å². The highest BCUT2D eigenvalue weighted by molar-refractivity contribution is 5.81. The maximum Gasteiger partial charge on any atom is 0.407 e. The van der Waals surface area contributed by atoms with E-state index in [1.54, 1.807) is 12.4 Å². The lowest BCUT2D eigenvalue weighted by molar-refractivity contribution is 0.105. The third-order valence-electron chi connectivity index (χ3n) is 4.21. The fraction of sp³-hybridized carbons (Fsp3) is 0.267. The number of amides is 1. The molecule has 112 valence electrons. The first-order valence-electron chi connectivity index (χ1n) is 7.11. The van der Waals surface area contributed by atoms with Crippen LogP contribution < -0.4 is 0 Å².